The molecular formula is C15H20O4. The summed E-state index contributed by atoms with van der Waals surface area (Å²) in [7, 11) is 0. The first kappa shape index (κ1) is 13.9. The predicted molar refractivity (Wildman–Crippen MR) is 71.9 cm³/mol. The minimum atomic E-state index is -0.445. The summed E-state index contributed by atoms with van der Waals surface area (Å²) in [6.45, 7) is 2.66. The smallest absolute Gasteiger partial charge is 0.153 e. The van der Waals surface area contributed by atoms with Crippen LogP contribution in [0.4, 0.5) is 0 Å². The summed E-state index contributed by atoms with van der Waals surface area (Å²) in [4.78, 5) is 11.0. The molecule has 1 saturated carbocycles. The van der Waals surface area contributed by atoms with Crippen molar-refractivity contribution in [3.05, 3.63) is 23.8 Å². The Labute approximate surface area is 113 Å². The van der Waals surface area contributed by atoms with Crippen LogP contribution in [0.3, 0.4) is 0 Å². The molecule has 2 rings (SSSR count). The molecule has 1 aromatic rings. The molecule has 1 aliphatic carbocycles. The van der Waals surface area contributed by atoms with Crippen LogP contribution in [0.2, 0.25) is 0 Å². The largest absolute Gasteiger partial charge is 0.493 e. The van der Waals surface area contributed by atoms with Crippen molar-refractivity contribution in [1.29, 1.82) is 0 Å². The zero-order chi connectivity index (χ0) is 13.7. The molecule has 0 radical (unpaired) electrons. The molecule has 2 atom stereocenters. The molecule has 0 heterocycles. The van der Waals surface area contributed by atoms with Gasteiger partial charge in [0.05, 0.1) is 18.3 Å². The third-order valence-corrected chi connectivity index (χ3v) is 3.28. The number of hydrogen-bond acceptors (Lipinski definition) is 4. The van der Waals surface area contributed by atoms with E-state index in [1.165, 1.54) is 0 Å². The average molecular weight is 264 g/mol. The topological polar surface area (TPSA) is 55.8 Å². The maximum Gasteiger partial charge on any atom is 0.153 e. The summed E-state index contributed by atoms with van der Waals surface area (Å²) in [5.74, 6) is 1.18. The molecule has 1 N–H and O–H groups in total. The van der Waals surface area contributed by atoms with Crippen molar-refractivity contribution in [3.63, 3.8) is 0 Å². The summed E-state index contributed by atoms with van der Waals surface area (Å²) < 4.78 is 11.3. The van der Waals surface area contributed by atoms with E-state index in [2.05, 4.69) is 0 Å². The van der Waals surface area contributed by atoms with Crippen molar-refractivity contribution in [3.8, 4) is 11.5 Å². The van der Waals surface area contributed by atoms with Gasteiger partial charge >= 0.3 is 0 Å². The quantitative estimate of drug-likeness (QED) is 0.802. The number of aliphatic hydroxyl groups excluding tert-OH is 1. The Kier molecular flexibility index (Phi) is 4.80. The fourth-order valence-corrected chi connectivity index (χ4v) is 2.23. The highest BCUT2D eigenvalue weighted by atomic mass is 16.5. The van der Waals surface area contributed by atoms with Crippen LogP contribution >= 0.6 is 0 Å². The number of aldehydes is 1. The SMILES string of the molecule is CCCOc1ccc(C=O)c(OC2CCCC2O)c1. The van der Waals surface area contributed by atoms with E-state index in [1.807, 2.05) is 6.92 Å². The van der Waals surface area contributed by atoms with Gasteiger partial charge in [-0.3, -0.25) is 4.79 Å². The van der Waals surface area contributed by atoms with Crippen LogP contribution < -0.4 is 9.47 Å². The number of rotatable bonds is 6. The molecule has 0 spiro atoms. The van der Waals surface area contributed by atoms with Gasteiger partial charge in [-0.15, -0.1) is 0 Å². The lowest BCUT2D eigenvalue weighted by molar-refractivity contribution is 0.0595. The molecule has 19 heavy (non-hydrogen) atoms. The monoisotopic (exact) mass is 264 g/mol. The van der Waals surface area contributed by atoms with Gasteiger partial charge in [0.2, 0.25) is 0 Å². The third kappa shape index (κ3) is 3.47. The van der Waals surface area contributed by atoms with E-state index < -0.39 is 6.10 Å². The zero-order valence-electron chi connectivity index (χ0n) is 11.2. The second-order valence-electron chi connectivity index (χ2n) is 4.82. The minimum absolute atomic E-state index is 0.222. The number of benzene rings is 1. The Hall–Kier alpha value is -1.55. The Morgan fingerprint density at radius 2 is 2.26 bits per heavy atom. The summed E-state index contributed by atoms with van der Waals surface area (Å²) in [6, 6.07) is 5.18. The fourth-order valence-electron chi connectivity index (χ4n) is 2.23. The molecule has 4 nitrogen and oxygen atoms in total. The lowest BCUT2D eigenvalue weighted by atomic mass is 10.2. The van der Waals surface area contributed by atoms with Crippen molar-refractivity contribution >= 4 is 6.29 Å². The molecule has 4 heteroatoms. The van der Waals surface area contributed by atoms with Crippen molar-refractivity contribution < 1.29 is 19.4 Å². The summed E-state index contributed by atoms with van der Waals surface area (Å²) in [5.41, 5.74) is 0.489. The first-order chi connectivity index (χ1) is 9.24. The number of ether oxygens (including phenoxy) is 2. The Bertz CT molecular complexity index is 430. The van der Waals surface area contributed by atoms with Gasteiger partial charge in [0.1, 0.15) is 17.6 Å². The maximum absolute atomic E-state index is 11.0. The molecule has 1 aliphatic rings. The van der Waals surface area contributed by atoms with Crippen LogP contribution in [0.5, 0.6) is 11.5 Å². The van der Waals surface area contributed by atoms with Crippen LogP contribution in [0.1, 0.15) is 43.0 Å². The molecular weight excluding hydrogens is 244 g/mol. The van der Waals surface area contributed by atoms with Gasteiger partial charge < -0.3 is 14.6 Å². The van der Waals surface area contributed by atoms with Gasteiger partial charge in [-0.05, 0) is 37.8 Å². The third-order valence-electron chi connectivity index (χ3n) is 3.28. The van der Waals surface area contributed by atoms with Crippen molar-refractivity contribution in [2.24, 2.45) is 0 Å². The Balaban J connectivity index is 2.13. The summed E-state index contributed by atoms with van der Waals surface area (Å²) in [5, 5.41) is 9.78. The number of aliphatic hydroxyl groups is 1. The van der Waals surface area contributed by atoms with E-state index in [0.717, 1.165) is 32.0 Å². The van der Waals surface area contributed by atoms with Crippen LogP contribution in [0.25, 0.3) is 0 Å². The second kappa shape index (κ2) is 6.57. The molecule has 0 saturated heterocycles. The van der Waals surface area contributed by atoms with Crippen LogP contribution in [-0.4, -0.2) is 30.2 Å². The van der Waals surface area contributed by atoms with E-state index in [0.29, 0.717) is 23.7 Å². The van der Waals surface area contributed by atoms with Crippen molar-refractivity contribution in [2.75, 3.05) is 6.61 Å². The number of carbonyl (C=O) groups excluding carboxylic acids is 1. The molecule has 2 unspecified atom stereocenters. The minimum Gasteiger partial charge on any atom is -0.493 e. The molecule has 0 aliphatic heterocycles. The molecule has 1 fully saturated rings. The van der Waals surface area contributed by atoms with Crippen LogP contribution in [0, 0.1) is 0 Å². The molecule has 104 valence electrons. The highest BCUT2D eigenvalue weighted by Gasteiger charge is 2.27. The normalized spacial score (nSPS) is 22.2. The van der Waals surface area contributed by atoms with E-state index in [4.69, 9.17) is 9.47 Å². The summed E-state index contributed by atoms with van der Waals surface area (Å²) in [6.07, 6.45) is 3.55. The van der Waals surface area contributed by atoms with Gasteiger partial charge in [-0.25, -0.2) is 0 Å². The van der Waals surface area contributed by atoms with Crippen LogP contribution in [0.15, 0.2) is 18.2 Å². The van der Waals surface area contributed by atoms with Crippen LogP contribution in [-0.2, 0) is 0 Å². The molecule has 0 amide bonds. The highest BCUT2D eigenvalue weighted by Crippen LogP contribution is 2.29. The number of carbonyl (C=O) groups is 1. The number of hydrogen-bond donors (Lipinski definition) is 1. The molecule has 1 aromatic carbocycles. The van der Waals surface area contributed by atoms with E-state index in [9.17, 15) is 9.90 Å². The van der Waals surface area contributed by atoms with Gasteiger partial charge in [0.15, 0.2) is 6.29 Å². The van der Waals surface area contributed by atoms with Gasteiger partial charge in [-0.1, -0.05) is 6.92 Å². The molecule has 0 bridgehead atoms. The summed E-state index contributed by atoms with van der Waals surface area (Å²) >= 11 is 0. The first-order valence-corrected chi connectivity index (χ1v) is 6.81. The van der Waals surface area contributed by atoms with E-state index in [-0.39, 0.29) is 6.10 Å². The van der Waals surface area contributed by atoms with Gasteiger partial charge in [0.25, 0.3) is 0 Å². The lowest BCUT2D eigenvalue weighted by Gasteiger charge is -2.19. The lowest BCUT2D eigenvalue weighted by Crippen LogP contribution is -2.26. The second-order valence-corrected chi connectivity index (χ2v) is 4.82. The maximum atomic E-state index is 11.0. The average Bonchev–Trinajstić information content (AvgIpc) is 2.82. The fraction of sp³-hybridized carbons (Fsp3) is 0.533. The Morgan fingerprint density at radius 1 is 1.42 bits per heavy atom. The predicted octanol–water partition coefficient (Wildman–Crippen LogP) is 2.58. The standard InChI is InChI=1S/C15H20O4/c1-2-8-18-12-7-6-11(10-16)15(9-12)19-14-5-3-4-13(14)17/h6-7,9-10,13-14,17H,2-5,8H2,1H3. The Morgan fingerprint density at radius 3 is 2.89 bits per heavy atom. The first-order valence-electron chi connectivity index (χ1n) is 6.81. The van der Waals surface area contributed by atoms with Gasteiger partial charge in [-0.2, -0.15) is 0 Å². The zero-order valence-corrected chi connectivity index (χ0v) is 11.2. The molecule has 0 aromatic heterocycles. The van der Waals surface area contributed by atoms with E-state index >= 15 is 0 Å². The van der Waals surface area contributed by atoms with Crippen molar-refractivity contribution in [1.82, 2.24) is 0 Å². The highest BCUT2D eigenvalue weighted by molar-refractivity contribution is 5.79. The van der Waals surface area contributed by atoms with E-state index in [1.54, 1.807) is 18.2 Å². The van der Waals surface area contributed by atoms with Gasteiger partial charge in [0, 0.05) is 6.07 Å². The van der Waals surface area contributed by atoms with Crippen molar-refractivity contribution in [2.45, 2.75) is 44.8 Å².